The van der Waals surface area contributed by atoms with Crippen molar-refractivity contribution >= 4 is 11.9 Å². The van der Waals surface area contributed by atoms with Gasteiger partial charge >= 0.3 is 6.03 Å². The minimum atomic E-state index is -1.02. The zero-order valence-corrected chi connectivity index (χ0v) is 15.2. The molecule has 27 heavy (non-hydrogen) atoms. The highest BCUT2D eigenvalue weighted by molar-refractivity contribution is 6.06. The Labute approximate surface area is 156 Å². The Morgan fingerprint density at radius 1 is 1.15 bits per heavy atom. The Hall–Kier alpha value is -3.22. The number of nitrogens with one attached hydrogen (secondary N) is 1. The number of nitrogens with zero attached hydrogens (tertiary/aromatic N) is 1. The van der Waals surface area contributed by atoms with Crippen LogP contribution in [0.2, 0.25) is 0 Å². The number of amides is 3. The molecule has 0 aromatic heterocycles. The van der Waals surface area contributed by atoms with Crippen molar-refractivity contribution in [1.82, 2.24) is 10.2 Å². The summed E-state index contributed by atoms with van der Waals surface area (Å²) in [6.07, 6.45) is 0.358. The van der Waals surface area contributed by atoms with E-state index in [0.29, 0.717) is 23.7 Å². The third-order valence-corrected chi connectivity index (χ3v) is 4.86. The average molecular weight is 368 g/mol. The Balaban J connectivity index is 1.54. The highest BCUT2D eigenvalue weighted by Crippen LogP contribution is 2.34. The van der Waals surface area contributed by atoms with E-state index in [9.17, 15) is 9.59 Å². The normalized spacial score (nSPS) is 20.7. The predicted molar refractivity (Wildman–Crippen MR) is 96.7 cm³/mol. The summed E-state index contributed by atoms with van der Waals surface area (Å²) >= 11 is 0. The SMILES string of the molecule is COc1ccccc1CN1C(=O)N[C@@](C)(Cc2ccc3c(c2)OCO3)C1=O. The molecule has 1 fully saturated rings. The summed E-state index contributed by atoms with van der Waals surface area (Å²) in [5, 5.41) is 2.83. The van der Waals surface area contributed by atoms with Crippen LogP contribution in [0.15, 0.2) is 42.5 Å². The molecule has 0 aliphatic carbocycles. The summed E-state index contributed by atoms with van der Waals surface area (Å²) in [6, 6.07) is 12.5. The highest BCUT2D eigenvalue weighted by atomic mass is 16.7. The van der Waals surface area contributed by atoms with Gasteiger partial charge in [-0.15, -0.1) is 0 Å². The van der Waals surface area contributed by atoms with Crippen LogP contribution >= 0.6 is 0 Å². The lowest BCUT2D eigenvalue weighted by Crippen LogP contribution is -2.45. The molecule has 0 bridgehead atoms. The van der Waals surface area contributed by atoms with Gasteiger partial charge in [-0.05, 0) is 30.7 Å². The summed E-state index contributed by atoms with van der Waals surface area (Å²) in [6.45, 7) is 2.09. The first kappa shape index (κ1) is 17.2. The van der Waals surface area contributed by atoms with Crippen molar-refractivity contribution in [3.8, 4) is 17.2 Å². The molecular formula is C20H20N2O5. The minimum absolute atomic E-state index is 0.158. The first-order chi connectivity index (χ1) is 13.0. The number of imide groups is 1. The first-order valence-electron chi connectivity index (χ1n) is 8.65. The maximum atomic E-state index is 13.0. The molecular weight excluding hydrogens is 348 g/mol. The highest BCUT2D eigenvalue weighted by Gasteiger charge is 2.47. The number of rotatable bonds is 5. The zero-order valence-electron chi connectivity index (χ0n) is 15.2. The van der Waals surface area contributed by atoms with Crippen molar-refractivity contribution in [3.63, 3.8) is 0 Å². The fourth-order valence-corrected chi connectivity index (χ4v) is 3.47. The third kappa shape index (κ3) is 3.05. The van der Waals surface area contributed by atoms with Gasteiger partial charge in [-0.25, -0.2) is 4.79 Å². The summed E-state index contributed by atoms with van der Waals surface area (Å²) < 4.78 is 16.0. The van der Waals surface area contributed by atoms with Crippen molar-refractivity contribution in [2.24, 2.45) is 0 Å². The van der Waals surface area contributed by atoms with Crippen LogP contribution in [0.1, 0.15) is 18.1 Å². The van der Waals surface area contributed by atoms with E-state index in [-0.39, 0.29) is 19.2 Å². The number of hydrogen-bond donors (Lipinski definition) is 1. The number of carbonyl (C=O) groups excluding carboxylic acids is 2. The van der Waals surface area contributed by atoms with E-state index in [1.165, 1.54) is 4.90 Å². The molecule has 2 aliphatic heterocycles. The molecule has 7 heteroatoms. The van der Waals surface area contributed by atoms with E-state index in [1.54, 1.807) is 20.1 Å². The second-order valence-electron chi connectivity index (χ2n) is 6.83. The van der Waals surface area contributed by atoms with E-state index in [0.717, 1.165) is 11.1 Å². The quantitative estimate of drug-likeness (QED) is 0.821. The second-order valence-corrected chi connectivity index (χ2v) is 6.83. The number of ether oxygens (including phenoxy) is 3. The number of carbonyl (C=O) groups is 2. The Bertz CT molecular complexity index is 913. The number of fused-ring (bicyclic) bond motifs is 1. The first-order valence-corrected chi connectivity index (χ1v) is 8.65. The van der Waals surface area contributed by atoms with Gasteiger partial charge in [0.15, 0.2) is 11.5 Å². The van der Waals surface area contributed by atoms with E-state index in [1.807, 2.05) is 36.4 Å². The molecule has 2 aromatic carbocycles. The molecule has 4 rings (SSSR count). The number of urea groups is 1. The van der Waals surface area contributed by atoms with Crippen LogP contribution in [-0.2, 0) is 17.8 Å². The second kappa shape index (κ2) is 6.50. The van der Waals surface area contributed by atoms with Crippen molar-refractivity contribution in [3.05, 3.63) is 53.6 Å². The van der Waals surface area contributed by atoms with Gasteiger partial charge in [0.1, 0.15) is 11.3 Å². The number of methoxy groups -OCH3 is 1. The lowest BCUT2D eigenvalue weighted by atomic mass is 9.92. The van der Waals surface area contributed by atoms with Crippen LogP contribution in [0.4, 0.5) is 4.79 Å². The van der Waals surface area contributed by atoms with Gasteiger partial charge in [0.2, 0.25) is 6.79 Å². The maximum absolute atomic E-state index is 13.0. The van der Waals surface area contributed by atoms with Crippen LogP contribution in [0, 0.1) is 0 Å². The topological polar surface area (TPSA) is 77.1 Å². The van der Waals surface area contributed by atoms with Crippen LogP contribution in [0.25, 0.3) is 0 Å². The average Bonchev–Trinajstić information content (AvgIpc) is 3.20. The van der Waals surface area contributed by atoms with Gasteiger partial charge in [-0.1, -0.05) is 24.3 Å². The van der Waals surface area contributed by atoms with Crippen molar-refractivity contribution < 1.29 is 23.8 Å². The van der Waals surface area contributed by atoms with Crippen LogP contribution < -0.4 is 19.5 Å². The Kier molecular flexibility index (Phi) is 4.14. The predicted octanol–water partition coefficient (Wildman–Crippen LogP) is 2.48. The van der Waals surface area contributed by atoms with E-state index >= 15 is 0 Å². The van der Waals surface area contributed by atoms with Gasteiger partial charge in [-0.2, -0.15) is 0 Å². The summed E-state index contributed by atoms with van der Waals surface area (Å²) in [7, 11) is 1.56. The van der Waals surface area contributed by atoms with E-state index < -0.39 is 11.6 Å². The standard InChI is InChI=1S/C20H20N2O5/c1-20(10-13-7-8-16-17(9-13)27-12-26-16)18(23)22(19(24)21-20)11-14-5-3-4-6-15(14)25-2/h3-9H,10-12H2,1-2H3,(H,21,24)/t20-/m0/s1. The van der Waals surface area contributed by atoms with Crippen molar-refractivity contribution in [2.75, 3.05) is 13.9 Å². The van der Waals surface area contributed by atoms with Gasteiger partial charge in [-0.3, -0.25) is 9.69 Å². The van der Waals surface area contributed by atoms with Crippen molar-refractivity contribution in [2.45, 2.75) is 25.4 Å². The molecule has 0 spiro atoms. The minimum Gasteiger partial charge on any atom is -0.496 e. The lowest BCUT2D eigenvalue weighted by Gasteiger charge is -2.22. The van der Waals surface area contributed by atoms with Gasteiger partial charge in [0.05, 0.1) is 13.7 Å². The molecule has 1 saturated heterocycles. The van der Waals surface area contributed by atoms with Gasteiger partial charge in [0, 0.05) is 12.0 Å². The molecule has 2 aliphatic rings. The van der Waals surface area contributed by atoms with Gasteiger partial charge in [0.25, 0.3) is 5.91 Å². The van der Waals surface area contributed by atoms with E-state index in [2.05, 4.69) is 5.32 Å². The summed E-state index contributed by atoms with van der Waals surface area (Å²) in [5.41, 5.74) is 0.637. The number of hydrogen-bond acceptors (Lipinski definition) is 5. The van der Waals surface area contributed by atoms with Crippen LogP contribution in [0.3, 0.4) is 0 Å². The lowest BCUT2D eigenvalue weighted by molar-refractivity contribution is -0.131. The zero-order chi connectivity index (χ0) is 19.0. The molecule has 7 nitrogen and oxygen atoms in total. The maximum Gasteiger partial charge on any atom is 0.325 e. The fraction of sp³-hybridized carbons (Fsp3) is 0.300. The molecule has 2 heterocycles. The third-order valence-electron chi connectivity index (χ3n) is 4.86. The molecule has 0 radical (unpaired) electrons. The molecule has 0 saturated carbocycles. The largest absolute Gasteiger partial charge is 0.496 e. The summed E-state index contributed by atoms with van der Waals surface area (Å²) in [4.78, 5) is 26.7. The Morgan fingerprint density at radius 2 is 1.93 bits per heavy atom. The number of benzene rings is 2. The molecule has 2 aromatic rings. The summed E-state index contributed by atoms with van der Waals surface area (Å²) in [5.74, 6) is 1.71. The van der Waals surface area contributed by atoms with Crippen LogP contribution in [-0.4, -0.2) is 36.3 Å². The van der Waals surface area contributed by atoms with E-state index in [4.69, 9.17) is 14.2 Å². The molecule has 0 unspecified atom stereocenters. The van der Waals surface area contributed by atoms with Gasteiger partial charge < -0.3 is 19.5 Å². The monoisotopic (exact) mass is 368 g/mol. The Morgan fingerprint density at radius 3 is 2.74 bits per heavy atom. The van der Waals surface area contributed by atoms with Crippen LogP contribution in [0.5, 0.6) is 17.2 Å². The molecule has 1 N–H and O–H groups in total. The fourth-order valence-electron chi connectivity index (χ4n) is 3.47. The molecule has 140 valence electrons. The van der Waals surface area contributed by atoms with Crippen molar-refractivity contribution in [1.29, 1.82) is 0 Å². The molecule has 3 amide bonds. The molecule has 1 atom stereocenters. The number of para-hydroxylation sites is 1. The smallest absolute Gasteiger partial charge is 0.325 e.